The molecule has 17 heavy (non-hydrogen) atoms. The normalized spacial score (nSPS) is 10.8. The molecule has 0 saturated heterocycles. The third kappa shape index (κ3) is 2.29. The average Bonchev–Trinajstić information content (AvgIpc) is 2.92. The molecule has 2 rings (SSSR count). The molecule has 2 aromatic heterocycles. The Balaban J connectivity index is 2.38. The SMILES string of the molecule is CNc1snc(C)c1-c1nncn1CCOC. The average molecular weight is 253 g/mol. The molecule has 2 aromatic rings. The van der Waals surface area contributed by atoms with Crippen molar-refractivity contribution >= 4 is 16.5 Å². The lowest BCUT2D eigenvalue weighted by Crippen LogP contribution is -2.05. The van der Waals surface area contributed by atoms with E-state index in [9.17, 15) is 0 Å². The molecule has 0 amide bonds. The monoisotopic (exact) mass is 253 g/mol. The molecule has 0 aliphatic heterocycles. The first kappa shape index (κ1) is 12.0. The smallest absolute Gasteiger partial charge is 0.168 e. The second-order valence-corrected chi connectivity index (χ2v) is 4.34. The number of aryl methyl sites for hydroxylation is 1. The van der Waals surface area contributed by atoms with Gasteiger partial charge in [-0.3, -0.25) is 0 Å². The highest BCUT2D eigenvalue weighted by Gasteiger charge is 2.17. The van der Waals surface area contributed by atoms with Gasteiger partial charge >= 0.3 is 0 Å². The minimum absolute atomic E-state index is 0.635. The van der Waals surface area contributed by atoms with Crippen LogP contribution in [0.15, 0.2) is 6.33 Å². The van der Waals surface area contributed by atoms with Crippen molar-refractivity contribution in [3.63, 3.8) is 0 Å². The van der Waals surface area contributed by atoms with Crippen molar-refractivity contribution in [1.29, 1.82) is 0 Å². The van der Waals surface area contributed by atoms with E-state index in [0.717, 1.165) is 28.6 Å². The summed E-state index contributed by atoms with van der Waals surface area (Å²) in [6.45, 7) is 3.34. The van der Waals surface area contributed by atoms with E-state index in [4.69, 9.17) is 4.74 Å². The third-order valence-electron chi connectivity index (χ3n) is 2.47. The Kier molecular flexibility index (Phi) is 3.70. The number of anilines is 1. The summed E-state index contributed by atoms with van der Waals surface area (Å²) in [5, 5.41) is 12.3. The van der Waals surface area contributed by atoms with Gasteiger partial charge in [0.05, 0.1) is 17.9 Å². The summed E-state index contributed by atoms with van der Waals surface area (Å²) in [6, 6.07) is 0. The van der Waals surface area contributed by atoms with Gasteiger partial charge in [0.25, 0.3) is 0 Å². The molecule has 1 N–H and O–H groups in total. The number of nitrogens with zero attached hydrogens (tertiary/aromatic N) is 4. The molecule has 92 valence electrons. The first-order valence-electron chi connectivity index (χ1n) is 5.29. The number of rotatable bonds is 5. The van der Waals surface area contributed by atoms with E-state index in [1.54, 1.807) is 13.4 Å². The second-order valence-electron chi connectivity index (χ2n) is 3.56. The zero-order valence-electron chi connectivity index (χ0n) is 10.1. The molecule has 2 heterocycles. The maximum absolute atomic E-state index is 5.07. The quantitative estimate of drug-likeness (QED) is 0.872. The van der Waals surface area contributed by atoms with Crippen LogP contribution >= 0.6 is 11.5 Å². The van der Waals surface area contributed by atoms with Gasteiger partial charge in [0, 0.05) is 20.7 Å². The predicted molar refractivity (Wildman–Crippen MR) is 67.3 cm³/mol. The molecule has 7 heteroatoms. The Morgan fingerprint density at radius 2 is 2.35 bits per heavy atom. The third-order valence-corrected chi connectivity index (χ3v) is 3.42. The van der Waals surface area contributed by atoms with E-state index in [0.29, 0.717) is 6.61 Å². The lowest BCUT2D eigenvalue weighted by Gasteiger charge is -2.06. The Morgan fingerprint density at radius 1 is 1.53 bits per heavy atom. The zero-order valence-corrected chi connectivity index (χ0v) is 10.9. The van der Waals surface area contributed by atoms with Crippen molar-refractivity contribution in [2.45, 2.75) is 13.5 Å². The Hall–Kier alpha value is -1.47. The lowest BCUT2D eigenvalue weighted by atomic mass is 10.2. The summed E-state index contributed by atoms with van der Waals surface area (Å²) >= 11 is 1.43. The highest BCUT2D eigenvalue weighted by molar-refractivity contribution is 7.10. The molecule has 6 nitrogen and oxygen atoms in total. The van der Waals surface area contributed by atoms with E-state index in [1.807, 2.05) is 18.5 Å². The van der Waals surface area contributed by atoms with Gasteiger partial charge in [-0.25, -0.2) is 0 Å². The first-order chi connectivity index (χ1) is 8.27. The lowest BCUT2D eigenvalue weighted by molar-refractivity contribution is 0.187. The Morgan fingerprint density at radius 3 is 3.06 bits per heavy atom. The van der Waals surface area contributed by atoms with Gasteiger partial charge in [-0.05, 0) is 18.5 Å². The van der Waals surface area contributed by atoms with Crippen molar-refractivity contribution in [3.8, 4) is 11.4 Å². The molecular formula is C10H15N5OS. The van der Waals surface area contributed by atoms with Crippen LogP contribution < -0.4 is 5.32 Å². The Bertz CT molecular complexity index is 493. The van der Waals surface area contributed by atoms with Crippen LogP contribution in [0.25, 0.3) is 11.4 Å². The largest absolute Gasteiger partial charge is 0.383 e. The summed E-state index contributed by atoms with van der Waals surface area (Å²) in [4.78, 5) is 0. The summed E-state index contributed by atoms with van der Waals surface area (Å²) in [6.07, 6.45) is 1.71. The van der Waals surface area contributed by atoms with Gasteiger partial charge in [0.2, 0.25) is 0 Å². The predicted octanol–water partition coefficient (Wildman–Crippen LogP) is 1.40. The molecule has 0 atom stereocenters. The van der Waals surface area contributed by atoms with Crippen LogP contribution in [0.5, 0.6) is 0 Å². The fraction of sp³-hybridized carbons (Fsp3) is 0.500. The molecule has 0 spiro atoms. The van der Waals surface area contributed by atoms with Crippen molar-refractivity contribution < 1.29 is 4.74 Å². The minimum atomic E-state index is 0.635. The standard InChI is InChI=1S/C10H15N5OS/c1-7-8(10(11-2)17-14-7)9-13-12-6-15(9)4-5-16-3/h6,11H,4-5H2,1-3H3. The van der Waals surface area contributed by atoms with E-state index in [-0.39, 0.29) is 0 Å². The van der Waals surface area contributed by atoms with Crippen molar-refractivity contribution in [2.75, 3.05) is 26.1 Å². The van der Waals surface area contributed by atoms with E-state index >= 15 is 0 Å². The van der Waals surface area contributed by atoms with Gasteiger partial charge in [-0.1, -0.05) is 0 Å². The van der Waals surface area contributed by atoms with Crippen LogP contribution in [-0.2, 0) is 11.3 Å². The molecule has 0 aromatic carbocycles. The van der Waals surface area contributed by atoms with Crippen molar-refractivity contribution in [3.05, 3.63) is 12.0 Å². The van der Waals surface area contributed by atoms with Crippen LogP contribution in [0, 0.1) is 6.92 Å². The van der Waals surface area contributed by atoms with Gasteiger partial charge in [-0.15, -0.1) is 10.2 Å². The van der Waals surface area contributed by atoms with Gasteiger partial charge < -0.3 is 14.6 Å². The molecule has 0 radical (unpaired) electrons. The zero-order chi connectivity index (χ0) is 12.3. The fourth-order valence-electron chi connectivity index (χ4n) is 1.61. The summed E-state index contributed by atoms with van der Waals surface area (Å²) in [5.74, 6) is 0.831. The number of hydrogen-bond donors (Lipinski definition) is 1. The van der Waals surface area contributed by atoms with Crippen LogP contribution in [0.3, 0.4) is 0 Å². The number of aromatic nitrogens is 4. The highest BCUT2D eigenvalue weighted by atomic mass is 32.1. The molecular weight excluding hydrogens is 238 g/mol. The topological polar surface area (TPSA) is 64.9 Å². The number of ether oxygens (including phenoxy) is 1. The maximum Gasteiger partial charge on any atom is 0.168 e. The highest BCUT2D eigenvalue weighted by Crippen LogP contribution is 2.32. The van der Waals surface area contributed by atoms with Crippen LogP contribution in [0.2, 0.25) is 0 Å². The molecule has 0 aliphatic rings. The molecule has 0 saturated carbocycles. The van der Waals surface area contributed by atoms with Crippen LogP contribution in [-0.4, -0.2) is 39.9 Å². The van der Waals surface area contributed by atoms with E-state index < -0.39 is 0 Å². The molecule has 0 unspecified atom stereocenters. The van der Waals surface area contributed by atoms with Crippen molar-refractivity contribution in [1.82, 2.24) is 19.1 Å². The van der Waals surface area contributed by atoms with Gasteiger partial charge in [0.15, 0.2) is 5.82 Å². The Labute approximate surface area is 104 Å². The number of methoxy groups -OCH3 is 1. The summed E-state index contributed by atoms with van der Waals surface area (Å²) in [7, 11) is 3.56. The van der Waals surface area contributed by atoms with E-state index in [2.05, 4.69) is 19.9 Å². The van der Waals surface area contributed by atoms with Crippen LogP contribution in [0.4, 0.5) is 5.00 Å². The van der Waals surface area contributed by atoms with Gasteiger partial charge in [0.1, 0.15) is 11.3 Å². The van der Waals surface area contributed by atoms with Gasteiger partial charge in [-0.2, -0.15) is 4.37 Å². The minimum Gasteiger partial charge on any atom is -0.383 e. The summed E-state index contributed by atoms with van der Waals surface area (Å²) in [5.41, 5.74) is 1.98. The first-order valence-corrected chi connectivity index (χ1v) is 6.06. The molecule has 0 bridgehead atoms. The fourth-order valence-corrected chi connectivity index (χ4v) is 2.35. The van der Waals surface area contributed by atoms with Crippen molar-refractivity contribution in [2.24, 2.45) is 0 Å². The van der Waals surface area contributed by atoms with Crippen LogP contribution in [0.1, 0.15) is 5.69 Å². The summed E-state index contributed by atoms with van der Waals surface area (Å²) < 4.78 is 11.4. The second kappa shape index (κ2) is 5.24. The van der Waals surface area contributed by atoms with E-state index in [1.165, 1.54) is 11.5 Å². The molecule has 0 fully saturated rings. The number of nitrogens with one attached hydrogen (secondary N) is 1. The number of hydrogen-bond acceptors (Lipinski definition) is 6. The maximum atomic E-state index is 5.07. The molecule has 0 aliphatic carbocycles.